The van der Waals surface area contributed by atoms with Crippen LogP contribution in [0.25, 0.3) is 0 Å². The average molecular weight is 183 g/mol. The minimum atomic E-state index is -0.318. The highest BCUT2D eigenvalue weighted by molar-refractivity contribution is 6.55. The van der Waals surface area contributed by atoms with Gasteiger partial charge in [0.25, 0.3) is 0 Å². The fourth-order valence-corrected chi connectivity index (χ4v) is 0.535. The largest absolute Gasteiger partial charge is 0.466 e. The van der Waals surface area contributed by atoms with Crippen LogP contribution in [0.3, 0.4) is 0 Å². The Morgan fingerprint density at radius 2 is 2.20 bits per heavy atom. The number of ether oxygens (including phenoxy) is 1. The highest BCUT2D eigenvalue weighted by Gasteiger charge is 1.97. The molecule has 0 aromatic carbocycles. The first-order chi connectivity index (χ1) is 4.66. The molecule has 4 heteroatoms. The molecule has 0 aromatic heterocycles. The maximum atomic E-state index is 10.6. The molecule has 0 aliphatic rings. The molecular formula is C6H8Cl2O2. The summed E-state index contributed by atoms with van der Waals surface area (Å²) in [6.45, 7) is 2.12. The number of esters is 1. The summed E-state index contributed by atoms with van der Waals surface area (Å²) in [5.74, 6) is -0.318. The number of hydrogen-bond donors (Lipinski definition) is 0. The molecule has 2 nitrogen and oxygen atoms in total. The lowest BCUT2D eigenvalue weighted by Gasteiger charge is -1.95. The minimum Gasteiger partial charge on any atom is -0.466 e. The first-order valence-electron chi connectivity index (χ1n) is 2.83. The van der Waals surface area contributed by atoms with Crippen molar-refractivity contribution in [3.8, 4) is 0 Å². The van der Waals surface area contributed by atoms with Gasteiger partial charge in [0.2, 0.25) is 0 Å². The fraction of sp³-hybridized carbons (Fsp3) is 0.500. The second kappa shape index (κ2) is 5.57. The molecule has 0 saturated carbocycles. The van der Waals surface area contributed by atoms with E-state index in [2.05, 4.69) is 4.74 Å². The number of carbonyl (C=O) groups excluding carboxylic acids is 1. The molecule has 0 fully saturated rings. The van der Waals surface area contributed by atoms with Gasteiger partial charge in [-0.3, -0.25) is 4.79 Å². The Morgan fingerprint density at radius 1 is 1.60 bits per heavy atom. The molecule has 0 amide bonds. The topological polar surface area (TPSA) is 26.3 Å². The van der Waals surface area contributed by atoms with Crippen LogP contribution < -0.4 is 0 Å². The Balaban J connectivity index is 3.49. The van der Waals surface area contributed by atoms with Crippen molar-refractivity contribution in [1.82, 2.24) is 0 Å². The van der Waals surface area contributed by atoms with Gasteiger partial charge in [0.15, 0.2) is 0 Å². The predicted octanol–water partition coefficient (Wildman–Crippen LogP) is 2.26. The fourth-order valence-electron chi connectivity index (χ4n) is 0.380. The van der Waals surface area contributed by atoms with Gasteiger partial charge >= 0.3 is 5.97 Å². The summed E-state index contributed by atoms with van der Waals surface area (Å²) in [5.41, 5.74) is 0. The van der Waals surface area contributed by atoms with Crippen molar-refractivity contribution in [2.75, 3.05) is 6.61 Å². The van der Waals surface area contributed by atoms with Gasteiger partial charge in [0.1, 0.15) is 4.49 Å². The summed E-state index contributed by atoms with van der Waals surface area (Å²) in [7, 11) is 0. The van der Waals surface area contributed by atoms with Gasteiger partial charge in [-0.05, 0) is 13.0 Å². The van der Waals surface area contributed by atoms with E-state index in [1.54, 1.807) is 6.92 Å². The van der Waals surface area contributed by atoms with E-state index < -0.39 is 0 Å². The third-order valence-electron chi connectivity index (χ3n) is 0.728. The van der Waals surface area contributed by atoms with Gasteiger partial charge in [-0.15, -0.1) is 0 Å². The monoisotopic (exact) mass is 182 g/mol. The second-order valence-electron chi connectivity index (χ2n) is 1.50. The summed E-state index contributed by atoms with van der Waals surface area (Å²) in [5, 5.41) is 0. The number of halogens is 2. The summed E-state index contributed by atoms with van der Waals surface area (Å²) in [6, 6.07) is 0. The molecule has 0 unspecified atom stereocenters. The smallest absolute Gasteiger partial charge is 0.309 e. The Hall–Kier alpha value is -0.210. The lowest BCUT2D eigenvalue weighted by atomic mass is 10.4. The van der Waals surface area contributed by atoms with Crippen molar-refractivity contribution < 1.29 is 9.53 Å². The van der Waals surface area contributed by atoms with E-state index in [4.69, 9.17) is 23.2 Å². The third-order valence-corrected chi connectivity index (χ3v) is 1.04. The van der Waals surface area contributed by atoms with Crippen molar-refractivity contribution >= 4 is 29.2 Å². The van der Waals surface area contributed by atoms with Crippen molar-refractivity contribution in [2.24, 2.45) is 0 Å². The molecule has 0 radical (unpaired) electrons. The highest BCUT2D eigenvalue weighted by Crippen LogP contribution is 2.07. The van der Waals surface area contributed by atoms with E-state index in [9.17, 15) is 4.79 Å². The van der Waals surface area contributed by atoms with E-state index in [1.807, 2.05) is 0 Å². The van der Waals surface area contributed by atoms with Crippen LogP contribution in [0.5, 0.6) is 0 Å². The molecule has 58 valence electrons. The first kappa shape index (κ1) is 9.79. The number of hydrogen-bond acceptors (Lipinski definition) is 2. The summed E-state index contributed by atoms with van der Waals surface area (Å²) >= 11 is 10.5. The van der Waals surface area contributed by atoms with Gasteiger partial charge < -0.3 is 4.74 Å². The summed E-state index contributed by atoms with van der Waals surface area (Å²) in [6.07, 6.45) is 1.53. The molecule has 0 aliphatic carbocycles. The van der Waals surface area contributed by atoms with E-state index in [1.165, 1.54) is 6.08 Å². The zero-order valence-corrected chi connectivity index (χ0v) is 7.08. The molecule has 0 saturated heterocycles. The molecule has 10 heavy (non-hydrogen) atoms. The number of carbonyl (C=O) groups is 1. The summed E-state index contributed by atoms with van der Waals surface area (Å²) in [4.78, 5) is 10.6. The molecule has 0 N–H and O–H groups in total. The van der Waals surface area contributed by atoms with Crippen LogP contribution in [0.15, 0.2) is 10.6 Å². The molecule has 0 aromatic rings. The predicted molar refractivity (Wildman–Crippen MR) is 41.0 cm³/mol. The summed E-state index contributed by atoms with van der Waals surface area (Å²) < 4.78 is 4.68. The van der Waals surface area contributed by atoms with Gasteiger partial charge in [0, 0.05) is 0 Å². The van der Waals surface area contributed by atoms with Crippen LogP contribution in [-0.4, -0.2) is 12.6 Å². The molecule has 0 heterocycles. The lowest BCUT2D eigenvalue weighted by Crippen LogP contribution is -2.01. The van der Waals surface area contributed by atoms with E-state index in [0.717, 1.165) is 0 Å². The van der Waals surface area contributed by atoms with Crippen LogP contribution in [0, 0.1) is 0 Å². The lowest BCUT2D eigenvalue weighted by molar-refractivity contribution is -0.142. The van der Waals surface area contributed by atoms with Gasteiger partial charge in [0.05, 0.1) is 13.0 Å². The standard InChI is InChI=1S/C6H8Cl2O2/c1-2-10-6(9)4-3-5(7)8/h3H,2,4H2,1H3. The minimum absolute atomic E-state index is 0.0908. The Kier molecular flexibility index (Phi) is 5.45. The first-order valence-corrected chi connectivity index (χ1v) is 3.59. The normalized spacial score (nSPS) is 8.70. The van der Waals surface area contributed by atoms with Crippen LogP contribution in [0.2, 0.25) is 0 Å². The zero-order chi connectivity index (χ0) is 7.98. The maximum absolute atomic E-state index is 10.6. The molecular weight excluding hydrogens is 175 g/mol. The Bertz CT molecular complexity index is 139. The van der Waals surface area contributed by atoms with E-state index in [0.29, 0.717) is 6.61 Å². The molecule has 0 aliphatic heterocycles. The van der Waals surface area contributed by atoms with Gasteiger partial charge in [-0.2, -0.15) is 0 Å². The van der Waals surface area contributed by atoms with Crippen LogP contribution >= 0.6 is 23.2 Å². The van der Waals surface area contributed by atoms with Crippen LogP contribution in [0.1, 0.15) is 13.3 Å². The van der Waals surface area contributed by atoms with E-state index >= 15 is 0 Å². The molecule has 0 spiro atoms. The Morgan fingerprint density at radius 3 is 2.60 bits per heavy atom. The SMILES string of the molecule is CCOC(=O)CC=C(Cl)Cl. The molecule has 0 rings (SSSR count). The maximum Gasteiger partial charge on any atom is 0.309 e. The van der Waals surface area contributed by atoms with Gasteiger partial charge in [-0.25, -0.2) is 0 Å². The van der Waals surface area contributed by atoms with Crippen molar-refractivity contribution in [2.45, 2.75) is 13.3 Å². The molecule has 0 bridgehead atoms. The Labute approximate surface area is 69.8 Å². The van der Waals surface area contributed by atoms with E-state index in [-0.39, 0.29) is 16.9 Å². The average Bonchev–Trinajstić information content (AvgIpc) is 1.85. The van der Waals surface area contributed by atoms with Crippen LogP contribution in [0.4, 0.5) is 0 Å². The molecule has 0 atom stereocenters. The van der Waals surface area contributed by atoms with Crippen molar-refractivity contribution in [1.29, 1.82) is 0 Å². The van der Waals surface area contributed by atoms with Crippen molar-refractivity contribution in [3.63, 3.8) is 0 Å². The third kappa shape index (κ3) is 5.92. The zero-order valence-electron chi connectivity index (χ0n) is 5.56. The highest BCUT2D eigenvalue weighted by atomic mass is 35.5. The number of rotatable bonds is 3. The quantitative estimate of drug-likeness (QED) is 0.627. The van der Waals surface area contributed by atoms with Crippen molar-refractivity contribution in [3.05, 3.63) is 10.6 Å². The van der Waals surface area contributed by atoms with Crippen LogP contribution in [-0.2, 0) is 9.53 Å². The van der Waals surface area contributed by atoms with Gasteiger partial charge in [-0.1, -0.05) is 23.2 Å². The second-order valence-corrected chi connectivity index (χ2v) is 2.51.